The van der Waals surface area contributed by atoms with E-state index in [2.05, 4.69) is 14.9 Å². The second-order valence-electron chi connectivity index (χ2n) is 6.58. The van der Waals surface area contributed by atoms with Crippen molar-refractivity contribution in [3.8, 4) is 11.1 Å². The smallest absolute Gasteiger partial charge is 0.407 e. The molecule has 3 aromatic rings. The summed E-state index contributed by atoms with van der Waals surface area (Å²) < 4.78 is 24.3. The van der Waals surface area contributed by atoms with E-state index in [1.807, 2.05) is 5.38 Å². The third-order valence-electron chi connectivity index (χ3n) is 4.78. The Morgan fingerprint density at radius 1 is 1.11 bits per heavy atom. The van der Waals surface area contributed by atoms with Gasteiger partial charge in [-0.2, -0.15) is 0 Å². The summed E-state index contributed by atoms with van der Waals surface area (Å²) in [6.45, 7) is 2.03. The molecule has 0 radical (unpaired) electrons. The zero-order chi connectivity index (χ0) is 19.9. The number of rotatable bonds is 3. The van der Waals surface area contributed by atoms with Gasteiger partial charge in [-0.3, -0.25) is 0 Å². The summed E-state index contributed by atoms with van der Waals surface area (Å²) in [5.74, 6) is 0.805. The van der Waals surface area contributed by atoms with E-state index in [1.165, 1.54) is 28.8 Å². The van der Waals surface area contributed by atoms with E-state index in [0.29, 0.717) is 26.2 Å². The molecule has 8 nitrogen and oxygen atoms in total. The van der Waals surface area contributed by atoms with Crippen LogP contribution in [0.1, 0.15) is 0 Å². The Bertz CT molecular complexity index is 1130. The van der Waals surface area contributed by atoms with E-state index >= 15 is 0 Å². The summed E-state index contributed by atoms with van der Waals surface area (Å²) in [5, 5.41) is 11.1. The van der Waals surface area contributed by atoms with E-state index < -0.39 is 15.9 Å². The van der Waals surface area contributed by atoms with Crippen molar-refractivity contribution in [2.75, 3.05) is 37.3 Å². The normalized spacial score (nSPS) is 15.2. The molecule has 10 heteroatoms. The number of carboxylic acid groups (broad SMARTS) is 1. The molecule has 1 saturated heterocycles. The van der Waals surface area contributed by atoms with Crippen LogP contribution < -0.4 is 4.90 Å². The SMILES string of the molecule is CS(=O)(=O)c1ccc(-c2csc3c(N4CCN(C(=O)O)CC4)ncnc23)cc1. The average molecular weight is 419 g/mol. The molecular weight excluding hydrogens is 400 g/mol. The number of fused-ring (bicyclic) bond motifs is 1. The molecule has 3 heterocycles. The maximum Gasteiger partial charge on any atom is 0.407 e. The van der Waals surface area contributed by atoms with E-state index in [9.17, 15) is 13.2 Å². The third-order valence-corrected chi connectivity index (χ3v) is 6.87. The fraction of sp³-hybridized carbons (Fsp3) is 0.278. The largest absolute Gasteiger partial charge is 0.465 e. The minimum Gasteiger partial charge on any atom is -0.465 e. The molecule has 1 N–H and O–H groups in total. The van der Waals surface area contributed by atoms with Crippen molar-refractivity contribution in [3.63, 3.8) is 0 Å². The lowest BCUT2D eigenvalue weighted by molar-refractivity contribution is 0.142. The summed E-state index contributed by atoms with van der Waals surface area (Å²) in [7, 11) is -3.24. The first-order chi connectivity index (χ1) is 13.3. The Morgan fingerprint density at radius 2 is 1.79 bits per heavy atom. The van der Waals surface area contributed by atoms with Crippen LogP contribution in [0.15, 0.2) is 40.9 Å². The second kappa shape index (κ2) is 7.02. The fourth-order valence-electron chi connectivity index (χ4n) is 3.26. The average Bonchev–Trinajstić information content (AvgIpc) is 3.11. The van der Waals surface area contributed by atoms with E-state index in [1.54, 1.807) is 24.3 Å². The van der Waals surface area contributed by atoms with Crippen molar-refractivity contribution < 1.29 is 18.3 Å². The first kappa shape index (κ1) is 18.6. The van der Waals surface area contributed by atoms with Crippen molar-refractivity contribution in [1.82, 2.24) is 14.9 Å². The van der Waals surface area contributed by atoms with Gasteiger partial charge in [-0.25, -0.2) is 23.2 Å². The van der Waals surface area contributed by atoms with Crippen LogP contribution in [0.4, 0.5) is 10.6 Å². The van der Waals surface area contributed by atoms with Gasteiger partial charge in [0.15, 0.2) is 9.84 Å². The number of amides is 1. The second-order valence-corrected chi connectivity index (χ2v) is 9.47. The molecule has 2 aromatic heterocycles. The number of benzene rings is 1. The molecular formula is C18H18N4O4S2. The van der Waals surface area contributed by atoms with Crippen molar-refractivity contribution in [1.29, 1.82) is 0 Å². The van der Waals surface area contributed by atoms with Crippen LogP contribution in [0, 0.1) is 0 Å². The molecule has 1 aliphatic heterocycles. The first-order valence-corrected chi connectivity index (χ1v) is 11.4. The van der Waals surface area contributed by atoms with Gasteiger partial charge in [0.1, 0.15) is 12.1 Å². The molecule has 28 heavy (non-hydrogen) atoms. The van der Waals surface area contributed by atoms with Crippen LogP contribution in [0.5, 0.6) is 0 Å². The van der Waals surface area contributed by atoms with E-state index in [0.717, 1.165) is 27.2 Å². The summed E-state index contributed by atoms with van der Waals surface area (Å²) in [6, 6.07) is 6.76. The minimum absolute atomic E-state index is 0.280. The Balaban J connectivity index is 1.67. The third kappa shape index (κ3) is 3.40. The predicted octanol–water partition coefficient (Wildman–Crippen LogP) is 2.56. The summed E-state index contributed by atoms with van der Waals surface area (Å²) in [5.41, 5.74) is 2.62. The predicted molar refractivity (Wildman–Crippen MR) is 108 cm³/mol. The molecule has 0 aliphatic carbocycles. The van der Waals surface area contributed by atoms with Crippen LogP contribution in [-0.4, -0.2) is 66.9 Å². The van der Waals surface area contributed by atoms with Gasteiger partial charge in [-0.15, -0.1) is 11.3 Å². The van der Waals surface area contributed by atoms with Gasteiger partial charge in [-0.05, 0) is 17.7 Å². The number of carbonyl (C=O) groups is 1. The van der Waals surface area contributed by atoms with Crippen molar-refractivity contribution in [2.24, 2.45) is 0 Å². The summed E-state index contributed by atoms with van der Waals surface area (Å²) >= 11 is 1.53. The maximum absolute atomic E-state index is 11.7. The number of sulfone groups is 1. The summed E-state index contributed by atoms with van der Waals surface area (Å²) in [4.78, 5) is 23.7. The van der Waals surface area contributed by atoms with Crippen molar-refractivity contribution >= 4 is 43.3 Å². The summed E-state index contributed by atoms with van der Waals surface area (Å²) in [6.07, 6.45) is 1.80. The molecule has 1 amide bonds. The molecule has 0 atom stereocenters. The Morgan fingerprint density at radius 3 is 2.39 bits per heavy atom. The number of hydrogen-bond donors (Lipinski definition) is 1. The zero-order valence-electron chi connectivity index (χ0n) is 15.1. The quantitative estimate of drug-likeness (QED) is 0.697. The number of nitrogens with zero attached hydrogens (tertiary/aromatic N) is 4. The Kier molecular flexibility index (Phi) is 4.68. The first-order valence-electron chi connectivity index (χ1n) is 8.60. The van der Waals surface area contributed by atoms with Gasteiger partial charge in [0.05, 0.1) is 15.1 Å². The highest BCUT2D eigenvalue weighted by Crippen LogP contribution is 2.37. The van der Waals surface area contributed by atoms with Crippen LogP contribution >= 0.6 is 11.3 Å². The molecule has 1 aliphatic rings. The van der Waals surface area contributed by atoms with Crippen molar-refractivity contribution in [3.05, 3.63) is 36.0 Å². The molecule has 4 rings (SSSR count). The molecule has 0 bridgehead atoms. The Labute approximate surface area is 166 Å². The van der Waals surface area contributed by atoms with E-state index in [-0.39, 0.29) is 4.90 Å². The molecule has 146 valence electrons. The highest BCUT2D eigenvalue weighted by molar-refractivity contribution is 7.90. The number of anilines is 1. The highest BCUT2D eigenvalue weighted by Gasteiger charge is 2.24. The maximum atomic E-state index is 11.7. The Hall–Kier alpha value is -2.72. The minimum atomic E-state index is -3.24. The van der Waals surface area contributed by atoms with Gasteiger partial charge in [-0.1, -0.05) is 12.1 Å². The lowest BCUT2D eigenvalue weighted by Gasteiger charge is -2.33. The number of piperazine rings is 1. The molecule has 1 fully saturated rings. The fourth-order valence-corrected chi connectivity index (χ4v) is 4.94. The van der Waals surface area contributed by atoms with Gasteiger partial charge in [0.25, 0.3) is 0 Å². The molecule has 0 unspecified atom stereocenters. The number of thiophene rings is 1. The van der Waals surface area contributed by atoms with Crippen molar-refractivity contribution in [2.45, 2.75) is 4.90 Å². The van der Waals surface area contributed by atoms with Gasteiger partial charge in [0.2, 0.25) is 0 Å². The van der Waals surface area contributed by atoms with Gasteiger partial charge >= 0.3 is 6.09 Å². The standard InChI is InChI=1S/C18H18N4O4S2/c1-28(25,26)13-4-2-12(3-5-13)14-10-27-16-15(14)19-11-20-17(16)21-6-8-22(9-7-21)18(23)24/h2-5,10-11H,6-9H2,1H3,(H,23,24). The van der Waals surface area contributed by atoms with Crippen LogP contribution in [0.25, 0.3) is 21.3 Å². The van der Waals surface area contributed by atoms with E-state index in [4.69, 9.17) is 5.11 Å². The lowest BCUT2D eigenvalue weighted by Crippen LogP contribution is -2.48. The highest BCUT2D eigenvalue weighted by atomic mass is 32.2. The van der Waals surface area contributed by atoms with Crippen LogP contribution in [0.2, 0.25) is 0 Å². The number of hydrogen-bond acceptors (Lipinski definition) is 7. The monoisotopic (exact) mass is 418 g/mol. The van der Waals surface area contributed by atoms with Crippen LogP contribution in [0.3, 0.4) is 0 Å². The van der Waals surface area contributed by atoms with Gasteiger partial charge in [0, 0.05) is 43.4 Å². The lowest BCUT2D eigenvalue weighted by atomic mass is 10.1. The van der Waals surface area contributed by atoms with Crippen LogP contribution in [-0.2, 0) is 9.84 Å². The zero-order valence-corrected chi connectivity index (χ0v) is 16.7. The topological polar surface area (TPSA) is 104 Å². The number of aromatic nitrogens is 2. The molecule has 1 aromatic carbocycles. The molecule has 0 spiro atoms. The molecule has 0 saturated carbocycles. The van der Waals surface area contributed by atoms with Gasteiger partial charge < -0.3 is 14.9 Å².